The molecule has 0 aliphatic carbocycles. The fourth-order valence-electron chi connectivity index (χ4n) is 3.61. The summed E-state index contributed by atoms with van der Waals surface area (Å²) >= 11 is 1.54. The highest BCUT2D eigenvalue weighted by Gasteiger charge is 2.21. The normalized spacial score (nSPS) is 16.9. The second kappa shape index (κ2) is 7.53. The Morgan fingerprint density at radius 2 is 1.93 bits per heavy atom. The number of fused-ring (bicyclic) bond motifs is 2. The molecule has 1 fully saturated rings. The van der Waals surface area contributed by atoms with Gasteiger partial charge in [-0.1, -0.05) is 11.3 Å². The predicted octanol–water partition coefficient (Wildman–Crippen LogP) is 2.82. The molecule has 156 valence electrons. The number of carbonyl (C=O) groups excluding carboxylic acids is 1. The maximum Gasteiger partial charge on any atom is 0.261 e. The summed E-state index contributed by atoms with van der Waals surface area (Å²) in [5, 5.41) is 3.69. The van der Waals surface area contributed by atoms with Gasteiger partial charge in [-0.25, -0.2) is 13.4 Å². The number of hydrogen-bond donors (Lipinski definition) is 2. The molecule has 0 radical (unpaired) electrons. The number of hydrogen-bond acceptors (Lipinski definition) is 7. The average molecular weight is 445 g/mol. The van der Waals surface area contributed by atoms with E-state index in [-0.39, 0.29) is 10.8 Å². The van der Waals surface area contributed by atoms with E-state index in [1.54, 1.807) is 29.5 Å². The number of ether oxygens (including phenoxy) is 1. The molecular weight excluding hydrogens is 424 g/mol. The zero-order valence-electron chi connectivity index (χ0n) is 16.1. The van der Waals surface area contributed by atoms with Gasteiger partial charge in [0.05, 0.1) is 34.0 Å². The van der Waals surface area contributed by atoms with Crippen LogP contribution in [0, 0.1) is 0 Å². The summed E-state index contributed by atoms with van der Waals surface area (Å²) < 4.78 is 34.8. The average Bonchev–Trinajstić information content (AvgIpc) is 3.17. The number of nitrogens with one attached hydrogen (secondary N) is 2. The molecule has 0 saturated carbocycles. The van der Waals surface area contributed by atoms with E-state index in [1.165, 1.54) is 6.07 Å². The number of benzene rings is 2. The van der Waals surface area contributed by atoms with Crippen LogP contribution in [-0.4, -0.2) is 45.6 Å². The summed E-state index contributed by atoms with van der Waals surface area (Å²) in [4.78, 5) is 18.5. The molecule has 3 heterocycles. The third kappa shape index (κ3) is 3.73. The summed E-state index contributed by atoms with van der Waals surface area (Å²) in [5.74, 6) is -0.0504. The second-order valence-corrected chi connectivity index (χ2v) is 9.94. The van der Waals surface area contributed by atoms with Gasteiger partial charge in [-0.2, -0.15) is 0 Å². The smallest absolute Gasteiger partial charge is 0.261 e. The van der Waals surface area contributed by atoms with Crippen LogP contribution in [0.5, 0.6) is 0 Å². The molecule has 2 N–H and O–H groups in total. The molecule has 10 heteroatoms. The van der Waals surface area contributed by atoms with Crippen molar-refractivity contribution in [3.05, 3.63) is 42.0 Å². The van der Waals surface area contributed by atoms with Gasteiger partial charge in [-0.15, -0.1) is 0 Å². The molecule has 0 spiro atoms. The van der Waals surface area contributed by atoms with Gasteiger partial charge in [0.1, 0.15) is 0 Å². The largest absolute Gasteiger partial charge is 0.378 e. The van der Waals surface area contributed by atoms with E-state index in [2.05, 4.69) is 19.9 Å². The zero-order valence-corrected chi connectivity index (χ0v) is 17.7. The van der Waals surface area contributed by atoms with E-state index in [1.807, 2.05) is 12.1 Å². The summed E-state index contributed by atoms with van der Waals surface area (Å²) in [5.41, 5.74) is 2.83. The minimum absolute atomic E-state index is 0.0504. The van der Waals surface area contributed by atoms with E-state index in [0.29, 0.717) is 37.4 Å². The fraction of sp³-hybridized carbons (Fsp3) is 0.300. The fourth-order valence-corrected chi connectivity index (χ4v) is 5.76. The van der Waals surface area contributed by atoms with Gasteiger partial charge in [0.15, 0.2) is 5.13 Å². The Balaban J connectivity index is 1.39. The van der Waals surface area contributed by atoms with Crippen molar-refractivity contribution < 1.29 is 17.9 Å². The van der Waals surface area contributed by atoms with Gasteiger partial charge in [0, 0.05) is 25.2 Å². The Bertz CT molecular complexity index is 1230. The first-order chi connectivity index (χ1) is 14.5. The molecule has 0 unspecified atom stereocenters. The van der Waals surface area contributed by atoms with Gasteiger partial charge in [-0.05, 0) is 48.4 Å². The van der Waals surface area contributed by atoms with Crippen molar-refractivity contribution in [3.8, 4) is 0 Å². The van der Waals surface area contributed by atoms with E-state index in [9.17, 15) is 13.2 Å². The molecule has 0 bridgehead atoms. The molecule has 2 aliphatic heterocycles. The first-order valence-electron chi connectivity index (χ1n) is 9.67. The summed E-state index contributed by atoms with van der Waals surface area (Å²) in [6.45, 7) is 2.98. The van der Waals surface area contributed by atoms with Crippen molar-refractivity contribution in [3.63, 3.8) is 0 Å². The van der Waals surface area contributed by atoms with E-state index in [4.69, 9.17) is 4.74 Å². The van der Waals surface area contributed by atoms with Crippen LogP contribution in [0.3, 0.4) is 0 Å². The Morgan fingerprint density at radius 1 is 1.10 bits per heavy atom. The number of carbonyl (C=O) groups is 1. The van der Waals surface area contributed by atoms with Crippen LogP contribution in [0.15, 0.2) is 41.3 Å². The number of aromatic nitrogens is 1. The number of morpholine rings is 1. The predicted molar refractivity (Wildman–Crippen MR) is 117 cm³/mol. The maximum absolute atomic E-state index is 12.9. The summed E-state index contributed by atoms with van der Waals surface area (Å²) in [6, 6.07) is 10.1. The summed E-state index contributed by atoms with van der Waals surface area (Å²) in [7, 11) is -3.75. The third-order valence-corrected chi connectivity index (χ3v) is 7.65. The van der Waals surface area contributed by atoms with Gasteiger partial charge in [0.2, 0.25) is 5.91 Å². The molecule has 2 aliphatic rings. The number of nitrogens with zero attached hydrogens (tertiary/aromatic N) is 2. The molecule has 8 nitrogen and oxygen atoms in total. The second-order valence-electron chi connectivity index (χ2n) is 7.25. The van der Waals surface area contributed by atoms with E-state index in [0.717, 1.165) is 34.0 Å². The van der Waals surface area contributed by atoms with E-state index >= 15 is 0 Å². The number of aryl methyl sites for hydroxylation is 1. The monoisotopic (exact) mass is 444 g/mol. The maximum atomic E-state index is 12.9. The molecule has 1 saturated heterocycles. The first-order valence-corrected chi connectivity index (χ1v) is 12.0. The Labute approximate surface area is 177 Å². The molecule has 1 amide bonds. The number of sulfonamides is 1. The van der Waals surface area contributed by atoms with Crippen LogP contribution in [0.1, 0.15) is 12.0 Å². The van der Waals surface area contributed by atoms with Gasteiger partial charge >= 0.3 is 0 Å². The SMILES string of the molecule is O=C1CCc2cc(S(=O)(=O)Nc3ccc4nc(N5CCOCC5)sc4c3)ccc2N1. The minimum Gasteiger partial charge on any atom is -0.378 e. The van der Waals surface area contributed by atoms with Gasteiger partial charge in [-0.3, -0.25) is 9.52 Å². The Morgan fingerprint density at radius 3 is 2.77 bits per heavy atom. The number of anilines is 3. The van der Waals surface area contributed by atoms with Crippen LogP contribution < -0.4 is 14.9 Å². The molecular formula is C20H20N4O4S2. The standard InChI is InChI=1S/C20H20N4O4S2/c25-19-6-1-13-11-15(3-5-16(13)21-19)30(26,27)23-14-2-4-17-18(12-14)29-20(22-17)24-7-9-28-10-8-24/h2-5,11-12,23H,1,6-10H2,(H,21,25). The topological polar surface area (TPSA) is 101 Å². The lowest BCUT2D eigenvalue weighted by Gasteiger charge is -2.25. The van der Waals surface area contributed by atoms with Crippen LogP contribution in [0.25, 0.3) is 10.2 Å². The molecule has 0 atom stereocenters. The lowest BCUT2D eigenvalue weighted by molar-refractivity contribution is -0.116. The van der Waals surface area contributed by atoms with Crippen LogP contribution in [0.2, 0.25) is 0 Å². The molecule has 1 aromatic heterocycles. The number of amides is 1. The Kier molecular flexibility index (Phi) is 4.84. The number of rotatable bonds is 4. The van der Waals surface area contributed by atoms with Crippen molar-refractivity contribution in [1.82, 2.24) is 4.98 Å². The van der Waals surface area contributed by atoms with Gasteiger partial charge < -0.3 is 15.0 Å². The zero-order chi connectivity index (χ0) is 20.7. The lowest BCUT2D eigenvalue weighted by atomic mass is 10.0. The highest BCUT2D eigenvalue weighted by molar-refractivity contribution is 7.92. The van der Waals surface area contributed by atoms with Crippen molar-refractivity contribution >= 4 is 54.0 Å². The van der Waals surface area contributed by atoms with Crippen LogP contribution in [-0.2, 0) is 26.0 Å². The molecule has 3 aromatic rings. The number of thiazole rings is 1. The lowest BCUT2D eigenvalue weighted by Crippen LogP contribution is -2.36. The van der Waals surface area contributed by atoms with Crippen molar-refractivity contribution in [2.45, 2.75) is 17.7 Å². The quantitative estimate of drug-likeness (QED) is 0.642. The molecule has 2 aromatic carbocycles. The van der Waals surface area contributed by atoms with Crippen molar-refractivity contribution in [2.24, 2.45) is 0 Å². The van der Waals surface area contributed by atoms with Crippen molar-refractivity contribution in [1.29, 1.82) is 0 Å². The van der Waals surface area contributed by atoms with E-state index < -0.39 is 10.0 Å². The Hall–Kier alpha value is -2.69. The van der Waals surface area contributed by atoms with Gasteiger partial charge in [0.25, 0.3) is 10.0 Å². The minimum atomic E-state index is -3.75. The highest BCUT2D eigenvalue weighted by Crippen LogP contribution is 2.32. The van der Waals surface area contributed by atoms with Crippen LogP contribution >= 0.6 is 11.3 Å². The molecule has 5 rings (SSSR count). The van der Waals surface area contributed by atoms with Crippen LogP contribution in [0.4, 0.5) is 16.5 Å². The third-order valence-electron chi connectivity index (χ3n) is 5.19. The molecule has 30 heavy (non-hydrogen) atoms. The first kappa shape index (κ1) is 19.3. The summed E-state index contributed by atoms with van der Waals surface area (Å²) in [6.07, 6.45) is 0.888. The highest BCUT2D eigenvalue weighted by atomic mass is 32.2. The van der Waals surface area contributed by atoms with Crippen molar-refractivity contribution in [2.75, 3.05) is 41.2 Å².